The van der Waals surface area contributed by atoms with Gasteiger partial charge in [0, 0.05) is 6.04 Å². The largest absolute Gasteiger partial charge is 0.494 e. The molecule has 1 atom stereocenters. The van der Waals surface area contributed by atoms with Gasteiger partial charge in [0.1, 0.15) is 5.75 Å². The molecule has 0 saturated heterocycles. The number of aryl methyl sites for hydroxylation is 2. The molecule has 1 aromatic rings. The van der Waals surface area contributed by atoms with Gasteiger partial charge in [-0.25, -0.2) is 0 Å². The fraction of sp³-hybridized carbons (Fsp3) is 0.538. The van der Waals surface area contributed by atoms with Crippen molar-refractivity contribution in [2.75, 3.05) is 6.61 Å². The van der Waals surface area contributed by atoms with E-state index in [1.165, 1.54) is 11.1 Å². The second-order valence-electron chi connectivity index (χ2n) is 4.04. The van der Waals surface area contributed by atoms with E-state index >= 15 is 0 Å². The van der Waals surface area contributed by atoms with E-state index in [-0.39, 0.29) is 6.04 Å². The summed E-state index contributed by atoms with van der Waals surface area (Å²) in [6.07, 6.45) is 2.09. The summed E-state index contributed by atoms with van der Waals surface area (Å²) in [6.45, 7) is 6.89. The predicted molar refractivity (Wildman–Crippen MR) is 64.3 cm³/mol. The van der Waals surface area contributed by atoms with Crippen LogP contribution in [-0.2, 0) is 6.42 Å². The molecule has 1 aromatic carbocycles. The molecule has 2 heteroatoms. The van der Waals surface area contributed by atoms with E-state index in [0.717, 1.165) is 25.2 Å². The molecule has 0 radical (unpaired) electrons. The lowest BCUT2D eigenvalue weighted by atomic mass is 10.0. The third kappa shape index (κ3) is 3.92. The molecule has 0 aliphatic carbocycles. The van der Waals surface area contributed by atoms with Crippen LogP contribution in [0.1, 0.15) is 31.4 Å². The van der Waals surface area contributed by atoms with Crippen molar-refractivity contribution in [1.82, 2.24) is 0 Å². The van der Waals surface area contributed by atoms with E-state index in [1.54, 1.807) is 0 Å². The lowest BCUT2D eigenvalue weighted by Gasteiger charge is -2.10. The molecule has 84 valence electrons. The predicted octanol–water partition coefficient (Wildman–Crippen LogP) is 2.67. The van der Waals surface area contributed by atoms with Crippen LogP contribution in [0.5, 0.6) is 5.75 Å². The Kier molecular flexibility index (Phi) is 4.63. The van der Waals surface area contributed by atoms with Gasteiger partial charge in [-0.2, -0.15) is 0 Å². The van der Waals surface area contributed by atoms with E-state index in [2.05, 4.69) is 19.1 Å². The van der Waals surface area contributed by atoms with E-state index < -0.39 is 0 Å². The van der Waals surface area contributed by atoms with Crippen LogP contribution in [0.2, 0.25) is 0 Å². The summed E-state index contributed by atoms with van der Waals surface area (Å²) in [6, 6.07) is 6.55. The maximum atomic E-state index is 5.74. The van der Waals surface area contributed by atoms with E-state index in [4.69, 9.17) is 10.5 Å². The van der Waals surface area contributed by atoms with Crippen LogP contribution in [0.15, 0.2) is 18.2 Å². The number of rotatable bonds is 5. The highest BCUT2D eigenvalue weighted by atomic mass is 16.5. The maximum absolute atomic E-state index is 5.74. The van der Waals surface area contributed by atoms with Crippen LogP contribution in [0.4, 0.5) is 0 Å². The Hall–Kier alpha value is -1.02. The summed E-state index contributed by atoms with van der Waals surface area (Å²) in [7, 11) is 0. The summed E-state index contributed by atoms with van der Waals surface area (Å²) in [5.41, 5.74) is 8.41. The van der Waals surface area contributed by atoms with E-state index in [1.807, 2.05) is 19.9 Å². The Labute approximate surface area is 92.4 Å². The van der Waals surface area contributed by atoms with Crippen molar-refractivity contribution >= 4 is 0 Å². The second-order valence-corrected chi connectivity index (χ2v) is 4.04. The van der Waals surface area contributed by atoms with Crippen LogP contribution in [0, 0.1) is 6.92 Å². The summed E-state index contributed by atoms with van der Waals surface area (Å²) >= 11 is 0. The van der Waals surface area contributed by atoms with Gasteiger partial charge in [-0.3, -0.25) is 0 Å². The molecule has 0 aromatic heterocycles. The Morgan fingerprint density at radius 1 is 1.40 bits per heavy atom. The summed E-state index contributed by atoms with van der Waals surface area (Å²) < 4.78 is 5.44. The van der Waals surface area contributed by atoms with E-state index in [0.29, 0.717) is 0 Å². The normalized spacial score (nSPS) is 12.5. The molecule has 2 N–H and O–H groups in total. The molecule has 0 heterocycles. The molecule has 0 spiro atoms. The van der Waals surface area contributed by atoms with Crippen molar-refractivity contribution in [3.8, 4) is 5.75 Å². The molecule has 0 aliphatic rings. The van der Waals surface area contributed by atoms with Crippen molar-refractivity contribution < 1.29 is 4.74 Å². The first kappa shape index (κ1) is 12.1. The lowest BCUT2D eigenvalue weighted by Crippen LogP contribution is -2.15. The first-order valence-corrected chi connectivity index (χ1v) is 5.61. The first-order chi connectivity index (χ1) is 7.13. The van der Waals surface area contributed by atoms with Gasteiger partial charge in [-0.15, -0.1) is 0 Å². The Balaban J connectivity index is 2.66. The summed E-state index contributed by atoms with van der Waals surface area (Å²) in [5.74, 6) is 0.958. The molecule has 1 rings (SSSR count). The molecule has 15 heavy (non-hydrogen) atoms. The summed E-state index contributed by atoms with van der Waals surface area (Å²) in [4.78, 5) is 0. The zero-order valence-electron chi connectivity index (χ0n) is 9.92. The van der Waals surface area contributed by atoms with Crippen molar-refractivity contribution in [3.63, 3.8) is 0 Å². The number of nitrogens with two attached hydrogens (primary N) is 1. The zero-order chi connectivity index (χ0) is 11.3. The highest BCUT2D eigenvalue weighted by molar-refractivity contribution is 5.34. The minimum atomic E-state index is 0.274. The third-order valence-electron chi connectivity index (χ3n) is 2.49. The standard InChI is InChI=1S/C13H21NO/c1-4-15-13-8-7-12(10(2)9-13)6-5-11(3)14/h7-9,11H,4-6,14H2,1-3H3. The molecule has 1 unspecified atom stereocenters. The van der Waals surface area contributed by atoms with Gasteiger partial charge < -0.3 is 10.5 Å². The quantitative estimate of drug-likeness (QED) is 0.805. The number of hydrogen-bond acceptors (Lipinski definition) is 2. The average Bonchev–Trinajstić information content (AvgIpc) is 2.17. The smallest absolute Gasteiger partial charge is 0.119 e. The van der Waals surface area contributed by atoms with Gasteiger partial charge in [-0.1, -0.05) is 6.07 Å². The minimum absolute atomic E-state index is 0.274. The Bertz CT molecular complexity index is 307. The van der Waals surface area contributed by atoms with Crippen LogP contribution >= 0.6 is 0 Å². The van der Waals surface area contributed by atoms with Gasteiger partial charge in [0.2, 0.25) is 0 Å². The Morgan fingerprint density at radius 3 is 2.67 bits per heavy atom. The molecule has 0 aliphatic heterocycles. The van der Waals surface area contributed by atoms with Gasteiger partial charge in [-0.05, 0) is 56.9 Å². The topological polar surface area (TPSA) is 35.2 Å². The average molecular weight is 207 g/mol. The Morgan fingerprint density at radius 2 is 2.13 bits per heavy atom. The molecule has 2 nitrogen and oxygen atoms in total. The molecule has 0 bridgehead atoms. The van der Waals surface area contributed by atoms with E-state index in [9.17, 15) is 0 Å². The van der Waals surface area contributed by atoms with Gasteiger partial charge >= 0.3 is 0 Å². The van der Waals surface area contributed by atoms with Crippen LogP contribution < -0.4 is 10.5 Å². The van der Waals surface area contributed by atoms with Crippen molar-refractivity contribution in [2.45, 2.75) is 39.7 Å². The summed E-state index contributed by atoms with van der Waals surface area (Å²) in [5, 5.41) is 0. The van der Waals surface area contributed by atoms with Crippen LogP contribution in [-0.4, -0.2) is 12.6 Å². The molecule has 0 amide bonds. The molecular formula is C13H21NO. The van der Waals surface area contributed by atoms with Gasteiger partial charge in [0.15, 0.2) is 0 Å². The molecular weight excluding hydrogens is 186 g/mol. The van der Waals surface area contributed by atoms with Crippen LogP contribution in [0.3, 0.4) is 0 Å². The van der Waals surface area contributed by atoms with Gasteiger partial charge in [0.25, 0.3) is 0 Å². The monoisotopic (exact) mass is 207 g/mol. The highest BCUT2D eigenvalue weighted by Gasteiger charge is 2.02. The first-order valence-electron chi connectivity index (χ1n) is 5.61. The fourth-order valence-corrected chi connectivity index (χ4v) is 1.59. The maximum Gasteiger partial charge on any atom is 0.119 e. The SMILES string of the molecule is CCOc1ccc(CCC(C)N)c(C)c1. The number of benzene rings is 1. The van der Waals surface area contributed by atoms with Crippen LogP contribution in [0.25, 0.3) is 0 Å². The second kappa shape index (κ2) is 5.76. The highest BCUT2D eigenvalue weighted by Crippen LogP contribution is 2.18. The minimum Gasteiger partial charge on any atom is -0.494 e. The lowest BCUT2D eigenvalue weighted by molar-refractivity contribution is 0.340. The molecule has 0 saturated carbocycles. The van der Waals surface area contributed by atoms with Gasteiger partial charge in [0.05, 0.1) is 6.61 Å². The van der Waals surface area contributed by atoms with Crippen molar-refractivity contribution in [2.24, 2.45) is 5.73 Å². The van der Waals surface area contributed by atoms with Crippen molar-refractivity contribution in [1.29, 1.82) is 0 Å². The number of hydrogen-bond donors (Lipinski definition) is 1. The fourth-order valence-electron chi connectivity index (χ4n) is 1.59. The number of ether oxygens (including phenoxy) is 1. The van der Waals surface area contributed by atoms with Crippen molar-refractivity contribution in [3.05, 3.63) is 29.3 Å². The molecule has 0 fully saturated rings. The zero-order valence-corrected chi connectivity index (χ0v) is 9.92. The third-order valence-corrected chi connectivity index (χ3v) is 2.49.